The highest BCUT2D eigenvalue weighted by Gasteiger charge is 2.27. The number of urea groups is 1. The number of primary amides is 1. The SMILES string of the molecule is C/C(=N/NC(N)=O)[C@H]1Cc2ccccc2C(=O)O1. The number of nitrogens with two attached hydrogens (primary N) is 1. The molecule has 1 aliphatic heterocycles. The molecule has 0 aliphatic carbocycles. The number of nitrogens with zero attached hydrogens (tertiary/aromatic N) is 1. The molecule has 0 saturated carbocycles. The van der Waals surface area contributed by atoms with E-state index < -0.39 is 12.1 Å². The second-order valence-corrected chi connectivity index (χ2v) is 3.98. The van der Waals surface area contributed by atoms with Gasteiger partial charge in [-0.3, -0.25) is 0 Å². The van der Waals surface area contributed by atoms with Gasteiger partial charge in [-0.2, -0.15) is 5.10 Å². The summed E-state index contributed by atoms with van der Waals surface area (Å²) >= 11 is 0. The molecular formula is C12H13N3O3. The Balaban J connectivity index is 2.18. The molecule has 1 aromatic carbocycles. The van der Waals surface area contributed by atoms with Crippen molar-refractivity contribution in [3.8, 4) is 0 Å². The van der Waals surface area contributed by atoms with Crippen LogP contribution in [0.1, 0.15) is 22.8 Å². The lowest BCUT2D eigenvalue weighted by Gasteiger charge is -2.24. The summed E-state index contributed by atoms with van der Waals surface area (Å²) in [4.78, 5) is 22.3. The first-order chi connectivity index (χ1) is 8.58. The summed E-state index contributed by atoms with van der Waals surface area (Å²) in [5, 5.41) is 3.77. The average Bonchev–Trinajstić information content (AvgIpc) is 2.36. The first-order valence-corrected chi connectivity index (χ1v) is 5.46. The lowest BCUT2D eigenvalue weighted by Crippen LogP contribution is -2.35. The van der Waals surface area contributed by atoms with Gasteiger partial charge < -0.3 is 10.5 Å². The van der Waals surface area contributed by atoms with E-state index in [1.807, 2.05) is 12.1 Å². The summed E-state index contributed by atoms with van der Waals surface area (Å²) in [5.74, 6) is -0.379. The first kappa shape index (κ1) is 12.1. The van der Waals surface area contributed by atoms with Gasteiger partial charge in [0, 0.05) is 6.42 Å². The van der Waals surface area contributed by atoms with E-state index in [0.29, 0.717) is 17.7 Å². The Labute approximate surface area is 104 Å². The number of cyclic esters (lactones) is 1. The van der Waals surface area contributed by atoms with Crippen molar-refractivity contribution in [1.82, 2.24) is 5.43 Å². The molecule has 94 valence electrons. The lowest BCUT2D eigenvalue weighted by molar-refractivity contribution is 0.0389. The van der Waals surface area contributed by atoms with E-state index in [0.717, 1.165) is 5.56 Å². The maximum absolute atomic E-state index is 11.7. The fourth-order valence-corrected chi connectivity index (χ4v) is 1.78. The predicted octanol–water partition coefficient (Wildman–Crippen LogP) is 0.812. The maximum atomic E-state index is 11.7. The van der Waals surface area contributed by atoms with Crippen LogP contribution in [0.3, 0.4) is 0 Å². The van der Waals surface area contributed by atoms with Crippen LogP contribution in [-0.4, -0.2) is 23.8 Å². The van der Waals surface area contributed by atoms with Crippen LogP contribution in [-0.2, 0) is 11.2 Å². The molecule has 1 atom stereocenters. The highest BCUT2D eigenvalue weighted by molar-refractivity contribution is 5.97. The van der Waals surface area contributed by atoms with E-state index >= 15 is 0 Å². The topological polar surface area (TPSA) is 93.8 Å². The summed E-state index contributed by atoms with van der Waals surface area (Å²) in [6.07, 6.45) is 0.0665. The Kier molecular flexibility index (Phi) is 3.27. The maximum Gasteiger partial charge on any atom is 0.339 e. The number of carbonyl (C=O) groups excluding carboxylic acids is 2. The summed E-state index contributed by atoms with van der Waals surface area (Å²) in [6, 6.07) is 6.50. The minimum atomic E-state index is -0.753. The number of rotatable bonds is 2. The van der Waals surface area contributed by atoms with Gasteiger partial charge in [0.1, 0.15) is 6.10 Å². The minimum Gasteiger partial charge on any atom is -0.452 e. The number of nitrogens with one attached hydrogen (secondary N) is 1. The summed E-state index contributed by atoms with van der Waals surface area (Å²) in [5.41, 5.74) is 9.01. The molecule has 1 aliphatic rings. The van der Waals surface area contributed by atoms with E-state index in [-0.39, 0.29) is 5.97 Å². The molecule has 0 spiro atoms. The molecule has 0 radical (unpaired) electrons. The fourth-order valence-electron chi connectivity index (χ4n) is 1.78. The molecule has 6 heteroatoms. The van der Waals surface area contributed by atoms with E-state index in [9.17, 15) is 9.59 Å². The predicted molar refractivity (Wildman–Crippen MR) is 65.2 cm³/mol. The largest absolute Gasteiger partial charge is 0.452 e. The average molecular weight is 247 g/mol. The van der Waals surface area contributed by atoms with Crippen LogP contribution in [0, 0.1) is 0 Å². The Morgan fingerprint density at radius 1 is 1.50 bits per heavy atom. The fraction of sp³-hybridized carbons (Fsp3) is 0.250. The number of ether oxygens (including phenoxy) is 1. The lowest BCUT2D eigenvalue weighted by atomic mass is 9.97. The van der Waals surface area contributed by atoms with E-state index in [1.54, 1.807) is 19.1 Å². The van der Waals surface area contributed by atoms with Gasteiger partial charge in [0.25, 0.3) is 0 Å². The number of hydrazone groups is 1. The van der Waals surface area contributed by atoms with Crippen molar-refractivity contribution in [2.24, 2.45) is 10.8 Å². The van der Waals surface area contributed by atoms with Gasteiger partial charge in [0.2, 0.25) is 0 Å². The van der Waals surface area contributed by atoms with Crippen molar-refractivity contribution in [1.29, 1.82) is 0 Å². The van der Waals surface area contributed by atoms with Gasteiger partial charge in [0.05, 0.1) is 11.3 Å². The molecule has 0 aromatic heterocycles. The molecule has 0 unspecified atom stereocenters. The Morgan fingerprint density at radius 2 is 2.22 bits per heavy atom. The highest BCUT2D eigenvalue weighted by atomic mass is 16.5. The van der Waals surface area contributed by atoms with Crippen LogP contribution in [0.2, 0.25) is 0 Å². The first-order valence-electron chi connectivity index (χ1n) is 5.46. The van der Waals surface area contributed by atoms with Crippen molar-refractivity contribution in [3.05, 3.63) is 35.4 Å². The molecule has 6 nitrogen and oxygen atoms in total. The molecule has 2 amide bonds. The highest BCUT2D eigenvalue weighted by Crippen LogP contribution is 2.21. The summed E-state index contributed by atoms with van der Waals surface area (Å²) in [6.45, 7) is 1.67. The second kappa shape index (κ2) is 4.87. The van der Waals surface area contributed by atoms with E-state index in [1.165, 1.54) is 0 Å². The molecule has 3 N–H and O–H groups in total. The Bertz CT molecular complexity index is 525. The Hall–Kier alpha value is -2.37. The molecule has 0 saturated heterocycles. The van der Waals surface area contributed by atoms with Crippen LogP contribution < -0.4 is 11.2 Å². The zero-order chi connectivity index (χ0) is 13.1. The van der Waals surface area contributed by atoms with Crippen molar-refractivity contribution >= 4 is 17.7 Å². The molecule has 0 bridgehead atoms. The third-order valence-corrected chi connectivity index (χ3v) is 2.70. The van der Waals surface area contributed by atoms with Gasteiger partial charge >= 0.3 is 12.0 Å². The van der Waals surface area contributed by atoms with Crippen LogP contribution in [0.4, 0.5) is 4.79 Å². The molecular weight excluding hydrogens is 234 g/mol. The normalized spacial score (nSPS) is 18.8. The smallest absolute Gasteiger partial charge is 0.339 e. The van der Waals surface area contributed by atoms with Crippen LogP contribution in [0.5, 0.6) is 0 Å². The van der Waals surface area contributed by atoms with Gasteiger partial charge in [-0.25, -0.2) is 15.0 Å². The third-order valence-electron chi connectivity index (χ3n) is 2.70. The van der Waals surface area contributed by atoms with Crippen molar-refractivity contribution in [3.63, 3.8) is 0 Å². The zero-order valence-electron chi connectivity index (χ0n) is 9.84. The number of esters is 1. The van der Waals surface area contributed by atoms with Gasteiger partial charge in [-0.1, -0.05) is 18.2 Å². The quantitative estimate of drug-likeness (QED) is 0.460. The number of carbonyl (C=O) groups is 2. The van der Waals surface area contributed by atoms with E-state index in [4.69, 9.17) is 10.5 Å². The summed E-state index contributed by atoms with van der Waals surface area (Å²) < 4.78 is 5.25. The molecule has 1 aromatic rings. The number of hydrogen-bond acceptors (Lipinski definition) is 4. The monoisotopic (exact) mass is 247 g/mol. The minimum absolute atomic E-state index is 0.379. The van der Waals surface area contributed by atoms with Crippen LogP contribution in [0.25, 0.3) is 0 Å². The Morgan fingerprint density at radius 3 is 2.94 bits per heavy atom. The van der Waals surface area contributed by atoms with E-state index in [2.05, 4.69) is 10.5 Å². The van der Waals surface area contributed by atoms with Crippen molar-refractivity contribution < 1.29 is 14.3 Å². The molecule has 2 rings (SSSR count). The second-order valence-electron chi connectivity index (χ2n) is 3.98. The number of hydrogen-bond donors (Lipinski definition) is 2. The van der Waals surface area contributed by atoms with Gasteiger partial charge in [0.15, 0.2) is 0 Å². The van der Waals surface area contributed by atoms with Crippen molar-refractivity contribution in [2.45, 2.75) is 19.4 Å². The van der Waals surface area contributed by atoms with Crippen LogP contribution >= 0.6 is 0 Å². The standard InChI is InChI=1S/C12H13N3O3/c1-7(14-15-12(13)17)10-6-8-4-2-3-5-9(8)11(16)18-10/h2-5,10H,6H2,1H3,(H3,13,15,17)/b14-7-/t10-/m1/s1. The third kappa shape index (κ3) is 2.48. The zero-order valence-corrected chi connectivity index (χ0v) is 9.84. The van der Waals surface area contributed by atoms with Crippen molar-refractivity contribution in [2.75, 3.05) is 0 Å². The molecule has 0 fully saturated rings. The van der Waals surface area contributed by atoms with Crippen LogP contribution in [0.15, 0.2) is 29.4 Å². The summed E-state index contributed by atoms with van der Waals surface area (Å²) in [7, 11) is 0. The van der Waals surface area contributed by atoms with Gasteiger partial charge in [-0.05, 0) is 18.6 Å². The molecule has 1 heterocycles. The van der Waals surface area contributed by atoms with Gasteiger partial charge in [-0.15, -0.1) is 0 Å². The number of fused-ring (bicyclic) bond motifs is 1. The number of benzene rings is 1. The molecule has 18 heavy (non-hydrogen) atoms. The number of amides is 2.